The van der Waals surface area contributed by atoms with E-state index in [0.29, 0.717) is 29.5 Å². The Balaban J connectivity index is 1.64. The summed E-state index contributed by atoms with van der Waals surface area (Å²) in [5.74, 6) is 1.00. The van der Waals surface area contributed by atoms with Gasteiger partial charge in [-0.25, -0.2) is 0 Å². The molecule has 10 heteroatoms. The second-order valence-corrected chi connectivity index (χ2v) is 9.37. The number of piperidine rings is 1. The van der Waals surface area contributed by atoms with Gasteiger partial charge in [0.25, 0.3) is 0 Å². The molecular formula is C20H25NO8S. The molecule has 2 saturated heterocycles. The van der Waals surface area contributed by atoms with Crippen LogP contribution in [0.3, 0.4) is 0 Å². The van der Waals surface area contributed by atoms with Crippen LogP contribution in [0, 0.1) is 11.8 Å². The largest absolute Gasteiger partial charge is 0.493 e. The average Bonchev–Trinajstić information content (AvgIpc) is 3.38. The van der Waals surface area contributed by atoms with E-state index in [9.17, 15) is 9.90 Å². The number of methoxy groups -OCH3 is 3. The van der Waals surface area contributed by atoms with Crippen LogP contribution < -0.4 is 14.2 Å². The van der Waals surface area contributed by atoms with Crippen LogP contribution in [0.1, 0.15) is 18.0 Å². The molecule has 0 aromatic heterocycles. The van der Waals surface area contributed by atoms with Crippen molar-refractivity contribution in [2.45, 2.75) is 24.6 Å². The number of aliphatic hydroxyl groups is 1. The van der Waals surface area contributed by atoms with Gasteiger partial charge in [0.05, 0.1) is 51.9 Å². The van der Waals surface area contributed by atoms with Crippen LogP contribution in [0.25, 0.3) is 0 Å². The molecule has 0 saturated carbocycles. The molecule has 4 aliphatic heterocycles. The second kappa shape index (κ2) is 7.69. The first kappa shape index (κ1) is 20.1. The highest BCUT2D eigenvalue weighted by Crippen LogP contribution is 2.52. The fourth-order valence-electron chi connectivity index (χ4n) is 5.05. The van der Waals surface area contributed by atoms with E-state index in [1.807, 2.05) is 12.1 Å². The molecule has 5 rings (SSSR count). The summed E-state index contributed by atoms with van der Waals surface area (Å²) in [6.45, 7) is 0.452. The lowest BCUT2D eigenvalue weighted by Crippen LogP contribution is -2.59. The number of ether oxygens (including phenoxy) is 5. The molecule has 9 nitrogen and oxygen atoms in total. The molecule has 164 valence electrons. The normalized spacial score (nSPS) is 35.3. The third kappa shape index (κ3) is 2.93. The van der Waals surface area contributed by atoms with E-state index in [1.165, 1.54) is 0 Å². The Morgan fingerprint density at radius 3 is 2.53 bits per heavy atom. The lowest BCUT2D eigenvalue weighted by Gasteiger charge is -2.50. The molecule has 4 heterocycles. The van der Waals surface area contributed by atoms with Gasteiger partial charge in [0, 0.05) is 18.4 Å². The Labute approximate surface area is 176 Å². The topological polar surface area (TPSA) is 95.9 Å². The zero-order chi connectivity index (χ0) is 21.0. The quantitative estimate of drug-likeness (QED) is 0.550. The molecule has 2 unspecified atom stereocenters. The highest BCUT2D eigenvalue weighted by molar-refractivity contribution is 8.11. The highest BCUT2D eigenvalue weighted by Gasteiger charge is 2.57. The Bertz CT molecular complexity index is 880. The van der Waals surface area contributed by atoms with E-state index in [1.54, 1.807) is 21.3 Å². The van der Waals surface area contributed by atoms with Gasteiger partial charge in [-0.15, -0.1) is 0 Å². The zero-order valence-corrected chi connectivity index (χ0v) is 17.8. The van der Waals surface area contributed by atoms with E-state index in [2.05, 4.69) is 4.90 Å². The lowest BCUT2D eigenvalue weighted by molar-refractivity contribution is -0.146. The number of nitrogens with zero attached hydrogens (tertiary/aromatic N) is 1. The van der Waals surface area contributed by atoms with E-state index < -0.39 is 22.8 Å². The van der Waals surface area contributed by atoms with Crippen LogP contribution in [0.4, 0.5) is 0 Å². The van der Waals surface area contributed by atoms with Gasteiger partial charge in [0.1, 0.15) is 5.05 Å². The van der Waals surface area contributed by atoms with Crippen molar-refractivity contribution >= 4 is 21.8 Å². The molecule has 4 aliphatic rings. The number of cyclic esters (lactones) is 1. The SMILES string of the molecule is COc1cc([C@H]2[C@H]3C(=O)OC[C@@H]3[C@@H](O)C3CC4=S(CN32)OCO4)cc(OC)c1OC. The van der Waals surface area contributed by atoms with Crippen LogP contribution in [0.5, 0.6) is 17.2 Å². The molecule has 2 fully saturated rings. The molecule has 30 heavy (non-hydrogen) atoms. The summed E-state index contributed by atoms with van der Waals surface area (Å²) in [6, 6.07) is 3.24. The zero-order valence-electron chi connectivity index (χ0n) is 17.0. The first-order valence-electron chi connectivity index (χ1n) is 9.80. The maximum Gasteiger partial charge on any atom is 0.311 e. The van der Waals surface area contributed by atoms with Gasteiger partial charge in [-0.2, -0.15) is 0 Å². The van der Waals surface area contributed by atoms with E-state index >= 15 is 0 Å². The van der Waals surface area contributed by atoms with Crippen molar-refractivity contribution < 1.29 is 37.8 Å². The Morgan fingerprint density at radius 1 is 1.13 bits per heavy atom. The fourth-order valence-corrected chi connectivity index (χ4v) is 6.73. The molecule has 1 N–H and O–H groups in total. The lowest BCUT2D eigenvalue weighted by atomic mass is 9.73. The van der Waals surface area contributed by atoms with Crippen LogP contribution in [-0.2, 0) is 18.5 Å². The third-order valence-corrected chi connectivity index (χ3v) is 8.15. The first-order valence-corrected chi connectivity index (χ1v) is 11.1. The van der Waals surface area contributed by atoms with E-state index in [0.717, 1.165) is 10.6 Å². The first-order chi connectivity index (χ1) is 14.6. The predicted octanol–water partition coefficient (Wildman–Crippen LogP) is 1.27. The molecule has 0 bridgehead atoms. The standard InChI is InChI=1S/C20H25NO8S/c1-24-13-4-10(5-14(25-2)19(13)26-3)17-16-11(7-27-20(16)23)18(22)12-6-15-28-9-29-30(15)8-21(12)17/h4-5,11-12,16-18,22H,6-9H2,1-3H3/t11-,12?,16-,17-,18+,30?/m0/s1. The minimum absolute atomic E-state index is 0.190. The fraction of sp³-hybridized carbons (Fsp3) is 0.600. The average molecular weight is 439 g/mol. The molecule has 0 amide bonds. The van der Waals surface area contributed by atoms with Gasteiger partial charge in [0.15, 0.2) is 18.3 Å². The maximum atomic E-state index is 12.8. The smallest absolute Gasteiger partial charge is 0.311 e. The van der Waals surface area contributed by atoms with Crippen LogP contribution in [-0.4, -0.2) is 73.8 Å². The van der Waals surface area contributed by atoms with Crippen molar-refractivity contribution in [1.29, 1.82) is 0 Å². The number of carbonyl (C=O) groups is 1. The number of rotatable bonds is 4. The molecule has 1 aromatic rings. The summed E-state index contributed by atoms with van der Waals surface area (Å²) in [7, 11) is 4.20. The number of carbonyl (C=O) groups excluding carboxylic acids is 1. The Hall–Kier alpha value is -1.85. The Kier molecular flexibility index (Phi) is 5.14. The van der Waals surface area contributed by atoms with Crippen molar-refractivity contribution in [3.05, 3.63) is 17.7 Å². The number of fused-ring (bicyclic) bond motifs is 2. The van der Waals surface area contributed by atoms with Crippen molar-refractivity contribution in [3.8, 4) is 17.2 Å². The summed E-state index contributed by atoms with van der Waals surface area (Å²) in [5, 5.41) is 12.0. The molecule has 6 atom stereocenters. The van der Waals surface area contributed by atoms with Gasteiger partial charge in [-0.1, -0.05) is 0 Å². The number of esters is 1. The van der Waals surface area contributed by atoms with Crippen molar-refractivity contribution in [2.24, 2.45) is 11.8 Å². The summed E-state index contributed by atoms with van der Waals surface area (Å²) in [6.07, 6.45) is -0.120. The molecule has 1 aromatic carbocycles. The van der Waals surface area contributed by atoms with Gasteiger partial charge in [-0.3, -0.25) is 13.9 Å². The van der Waals surface area contributed by atoms with Crippen LogP contribution in [0.2, 0.25) is 0 Å². The monoisotopic (exact) mass is 439 g/mol. The van der Waals surface area contributed by atoms with E-state index in [-0.39, 0.29) is 37.4 Å². The van der Waals surface area contributed by atoms with Crippen molar-refractivity contribution in [1.82, 2.24) is 4.90 Å². The second-order valence-electron chi connectivity index (χ2n) is 7.73. The molecule has 0 radical (unpaired) electrons. The summed E-state index contributed by atoms with van der Waals surface area (Å²) < 4.78 is 33.3. The van der Waals surface area contributed by atoms with Crippen LogP contribution in [0.15, 0.2) is 12.1 Å². The molecule has 0 spiro atoms. The maximum absolute atomic E-state index is 12.8. The van der Waals surface area contributed by atoms with Crippen molar-refractivity contribution in [3.63, 3.8) is 0 Å². The van der Waals surface area contributed by atoms with Gasteiger partial charge < -0.3 is 28.8 Å². The predicted molar refractivity (Wildman–Crippen MR) is 108 cm³/mol. The highest BCUT2D eigenvalue weighted by atomic mass is 32.2. The minimum atomic E-state index is -0.692. The molecule has 0 aliphatic carbocycles. The van der Waals surface area contributed by atoms with Gasteiger partial charge in [-0.05, 0) is 28.5 Å². The molecular weight excluding hydrogens is 414 g/mol. The summed E-state index contributed by atoms with van der Waals surface area (Å²) >= 11 is 0. The Morgan fingerprint density at radius 2 is 1.87 bits per heavy atom. The number of aliphatic hydroxyl groups excluding tert-OH is 1. The van der Waals surface area contributed by atoms with E-state index in [4.69, 9.17) is 27.9 Å². The summed E-state index contributed by atoms with van der Waals surface area (Å²) in [4.78, 5) is 14.9. The summed E-state index contributed by atoms with van der Waals surface area (Å²) in [5.41, 5.74) is 0.849. The van der Waals surface area contributed by atoms with Crippen molar-refractivity contribution in [2.75, 3.05) is 40.6 Å². The van der Waals surface area contributed by atoms with Crippen LogP contribution >= 0.6 is 10.8 Å². The van der Waals surface area contributed by atoms with Gasteiger partial charge in [0.2, 0.25) is 5.75 Å². The third-order valence-electron chi connectivity index (χ3n) is 6.44. The number of hydrogen-bond donors (Lipinski definition) is 1. The number of benzene rings is 1. The van der Waals surface area contributed by atoms with Gasteiger partial charge >= 0.3 is 5.97 Å². The minimum Gasteiger partial charge on any atom is -0.493 e. The number of hydrogen-bond acceptors (Lipinski definition) is 9.